The molecule has 8 heteroatoms. The lowest BCUT2D eigenvalue weighted by molar-refractivity contribution is 0.233. The van der Waals surface area contributed by atoms with E-state index in [9.17, 15) is 13.0 Å². The Balaban J connectivity index is 3.39. The number of hydrogen-bond donors (Lipinski definition) is 1. The minimum absolute atomic E-state index is 0.210. The van der Waals surface area contributed by atoms with Gasteiger partial charge in [0.15, 0.2) is 0 Å². The van der Waals surface area contributed by atoms with Gasteiger partial charge in [0.1, 0.15) is 0 Å². The van der Waals surface area contributed by atoms with Crippen molar-refractivity contribution in [1.29, 1.82) is 0 Å². The summed E-state index contributed by atoms with van der Waals surface area (Å²) in [6, 6.07) is 0. The van der Waals surface area contributed by atoms with Crippen molar-refractivity contribution in [2.45, 2.75) is 25.7 Å². The van der Waals surface area contributed by atoms with Crippen molar-refractivity contribution in [3.05, 3.63) is 0 Å². The van der Waals surface area contributed by atoms with Crippen LogP contribution >= 0.6 is 7.60 Å². The molecule has 0 radical (unpaired) electrons. The van der Waals surface area contributed by atoms with E-state index in [0.29, 0.717) is 25.9 Å². The summed E-state index contributed by atoms with van der Waals surface area (Å²) in [6.07, 6.45) is 2.56. The topological polar surface area (TPSA) is 89.9 Å². The Kier molecular flexibility index (Phi) is 7.43. The summed E-state index contributed by atoms with van der Waals surface area (Å²) < 4.78 is 50.1. The van der Waals surface area contributed by atoms with Gasteiger partial charge in [-0.2, -0.15) is 8.42 Å². The van der Waals surface area contributed by atoms with Gasteiger partial charge in [-0.15, -0.1) is 0 Å². The molecule has 0 spiro atoms. The predicted octanol–water partition coefficient (Wildman–Crippen LogP) is 1.92. The second kappa shape index (κ2) is 7.40. The fraction of sp³-hybridized carbons (Fsp3) is 1.00. The molecule has 0 bridgehead atoms. The molecule has 0 heterocycles. The van der Waals surface area contributed by atoms with Gasteiger partial charge in [0, 0.05) is 13.8 Å². The SMILES string of the molecule is COP(C)(=O)OCCCCCCS(=O)(=O)O. The predicted molar refractivity (Wildman–Crippen MR) is 61.4 cm³/mol. The molecule has 0 aliphatic rings. The summed E-state index contributed by atoms with van der Waals surface area (Å²) in [5.41, 5.74) is 0. The van der Waals surface area contributed by atoms with Crippen LogP contribution in [0.2, 0.25) is 0 Å². The molecule has 0 aliphatic heterocycles. The molecule has 0 aromatic heterocycles. The molecular formula is C8H19O6PS. The third-order valence-electron chi connectivity index (χ3n) is 1.95. The minimum atomic E-state index is -3.84. The number of hydrogen-bond acceptors (Lipinski definition) is 5. The molecule has 0 aromatic carbocycles. The zero-order valence-corrected chi connectivity index (χ0v) is 11.3. The van der Waals surface area contributed by atoms with Gasteiger partial charge in [-0.3, -0.25) is 9.12 Å². The van der Waals surface area contributed by atoms with Crippen LogP contribution in [0.4, 0.5) is 0 Å². The highest BCUT2D eigenvalue weighted by Crippen LogP contribution is 2.42. The maximum Gasteiger partial charge on any atom is 0.327 e. The maximum atomic E-state index is 11.2. The van der Waals surface area contributed by atoms with Crippen LogP contribution in [0, 0.1) is 0 Å². The van der Waals surface area contributed by atoms with Gasteiger partial charge in [-0.05, 0) is 12.8 Å². The van der Waals surface area contributed by atoms with Crippen LogP contribution in [0.15, 0.2) is 0 Å². The molecule has 0 rings (SSSR count). The Morgan fingerprint density at radius 3 is 2.25 bits per heavy atom. The van der Waals surface area contributed by atoms with E-state index in [1.165, 1.54) is 13.8 Å². The highest BCUT2D eigenvalue weighted by molar-refractivity contribution is 7.85. The van der Waals surface area contributed by atoms with Crippen molar-refractivity contribution in [3.63, 3.8) is 0 Å². The lowest BCUT2D eigenvalue weighted by Crippen LogP contribution is -2.03. The van der Waals surface area contributed by atoms with Gasteiger partial charge in [0.05, 0.1) is 12.4 Å². The Morgan fingerprint density at radius 1 is 1.19 bits per heavy atom. The number of rotatable bonds is 9. The Hall–Kier alpha value is 0.0600. The Labute approximate surface area is 96.6 Å². The summed E-state index contributed by atoms with van der Waals surface area (Å²) in [5.74, 6) is -0.210. The van der Waals surface area contributed by atoms with Crippen molar-refractivity contribution >= 4 is 17.7 Å². The van der Waals surface area contributed by atoms with E-state index in [-0.39, 0.29) is 5.75 Å². The summed E-state index contributed by atoms with van der Waals surface area (Å²) in [6.45, 7) is 1.72. The van der Waals surface area contributed by atoms with Gasteiger partial charge >= 0.3 is 7.60 Å². The van der Waals surface area contributed by atoms with Crippen molar-refractivity contribution in [2.75, 3.05) is 26.1 Å². The van der Waals surface area contributed by atoms with Crippen molar-refractivity contribution < 1.29 is 26.6 Å². The van der Waals surface area contributed by atoms with Crippen molar-refractivity contribution in [3.8, 4) is 0 Å². The van der Waals surface area contributed by atoms with Crippen molar-refractivity contribution in [1.82, 2.24) is 0 Å². The second-order valence-electron chi connectivity index (χ2n) is 3.49. The Bertz CT molecular complexity index is 325. The van der Waals surface area contributed by atoms with Crippen LogP contribution in [0.25, 0.3) is 0 Å². The van der Waals surface area contributed by atoms with Crippen molar-refractivity contribution in [2.24, 2.45) is 0 Å². The molecule has 0 aliphatic carbocycles. The lowest BCUT2D eigenvalue weighted by Gasteiger charge is -2.10. The lowest BCUT2D eigenvalue weighted by atomic mass is 10.2. The summed E-state index contributed by atoms with van der Waals surface area (Å²) in [4.78, 5) is 0. The zero-order valence-electron chi connectivity index (χ0n) is 9.59. The third kappa shape index (κ3) is 10.6. The van der Waals surface area contributed by atoms with Gasteiger partial charge in [0.25, 0.3) is 10.1 Å². The molecule has 0 saturated heterocycles. The van der Waals surface area contributed by atoms with Gasteiger partial charge in [-0.1, -0.05) is 12.8 Å². The van der Waals surface area contributed by atoms with Crippen LogP contribution in [0.3, 0.4) is 0 Å². The molecule has 98 valence electrons. The largest absolute Gasteiger partial charge is 0.327 e. The highest BCUT2D eigenvalue weighted by Gasteiger charge is 2.13. The molecule has 0 saturated carbocycles. The highest BCUT2D eigenvalue weighted by atomic mass is 32.2. The molecule has 6 nitrogen and oxygen atoms in total. The fourth-order valence-electron chi connectivity index (χ4n) is 1.02. The van der Waals surface area contributed by atoms with E-state index in [0.717, 1.165) is 6.42 Å². The van der Waals surface area contributed by atoms with Crippen LogP contribution in [0.1, 0.15) is 25.7 Å². The molecule has 0 amide bonds. The first kappa shape index (κ1) is 16.1. The minimum Gasteiger partial charge on any atom is -0.312 e. The average Bonchev–Trinajstić information content (AvgIpc) is 2.14. The summed E-state index contributed by atoms with van der Waals surface area (Å²) in [7, 11) is -5.41. The third-order valence-corrected chi connectivity index (χ3v) is 4.07. The summed E-state index contributed by atoms with van der Waals surface area (Å²) in [5, 5.41) is 0. The summed E-state index contributed by atoms with van der Waals surface area (Å²) >= 11 is 0. The molecule has 16 heavy (non-hydrogen) atoms. The molecule has 0 aromatic rings. The first-order chi connectivity index (χ1) is 7.27. The first-order valence-corrected chi connectivity index (χ1v) is 8.60. The molecular weight excluding hydrogens is 255 g/mol. The standard InChI is InChI=1S/C8H19O6PS/c1-13-15(2,9)14-7-5-3-4-6-8-16(10,11)12/h3-8H2,1-2H3,(H,10,11,12). The smallest absolute Gasteiger partial charge is 0.312 e. The van der Waals surface area contributed by atoms with Crippen LogP contribution < -0.4 is 0 Å². The molecule has 1 unspecified atom stereocenters. The van der Waals surface area contributed by atoms with Crippen LogP contribution in [-0.2, 0) is 23.7 Å². The second-order valence-corrected chi connectivity index (χ2v) is 7.23. The molecule has 1 atom stereocenters. The van der Waals surface area contributed by atoms with Gasteiger partial charge in [0.2, 0.25) is 0 Å². The van der Waals surface area contributed by atoms with E-state index < -0.39 is 17.7 Å². The van der Waals surface area contributed by atoms with Gasteiger partial charge < -0.3 is 9.05 Å². The average molecular weight is 274 g/mol. The van der Waals surface area contributed by atoms with E-state index in [4.69, 9.17) is 9.08 Å². The van der Waals surface area contributed by atoms with Crippen LogP contribution in [0.5, 0.6) is 0 Å². The number of unbranched alkanes of at least 4 members (excludes halogenated alkanes) is 3. The van der Waals surface area contributed by atoms with E-state index in [2.05, 4.69) is 4.52 Å². The monoisotopic (exact) mass is 274 g/mol. The van der Waals surface area contributed by atoms with E-state index in [1.54, 1.807) is 0 Å². The van der Waals surface area contributed by atoms with E-state index >= 15 is 0 Å². The molecule has 1 N–H and O–H groups in total. The fourth-order valence-corrected chi connectivity index (χ4v) is 2.16. The normalized spacial score (nSPS) is 15.9. The zero-order chi connectivity index (χ0) is 12.7. The maximum absolute atomic E-state index is 11.2. The first-order valence-electron chi connectivity index (χ1n) is 5.00. The molecule has 0 fully saturated rings. The van der Waals surface area contributed by atoms with E-state index in [1.807, 2.05) is 0 Å². The quantitative estimate of drug-likeness (QED) is 0.392. The Morgan fingerprint density at radius 2 is 1.75 bits per heavy atom. The van der Waals surface area contributed by atoms with Crippen LogP contribution in [-0.4, -0.2) is 39.1 Å². The van der Waals surface area contributed by atoms with Gasteiger partial charge in [-0.25, -0.2) is 0 Å².